The van der Waals surface area contributed by atoms with Crippen molar-refractivity contribution in [1.82, 2.24) is 5.32 Å². The Balaban J connectivity index is 1.67. The van der Waals surface area contributed by atoms with E-state index >= 15 is 0 Å². The second kappa shape index (κ2) is 9.17. The van der Waals surface area contributed by atoms with Crippen LogP contribution in [0.4, 0.5) is 18.9 Å². The largest absolute Gasteiger partial charge is 0.456 e. The van der Waals surface area contributed by atoms with Crippen LogP contribution in [0.2, 0.25) is 0 Å². The monoisotopic (exact) mass is 400 g/mol. The van der Waals surface area contributed by atoms with Crippen LogP contribution in [0.1, 0.15) is 21.7 Å². The predicted octanol–water partition coefficient (Wildman–Crippen LogP) is 3.07. The Hall–Kier alpha value is -2.88. The van der Waals surface area contributed by atoms with Gasteiger partial charge in [0.15, 0.2) is 6.61 Å². The van der Waals surface area contributed by atoms with Crippen LogP contribution in [0.3, 0.4) is 0 Å². The molecule has 0 unspecified atom stereocenters. The van der Waals surface area contributed by atoms with Gasteiger partial charge in [0.2, 0.25) is 0 Å². The van der Waals surface area contributed by atoms with Gasteiger partial charge in [-0.3, -0.25) is 14.4 Å². The minimum atomic E-state index is -4.46. The van der Waals surface area contributed by atoms with Gasteiger partial charge in [0, 0.05) is 12.2 Å². The highest BCUT2D eigenvalue weighted by molar-refractivity contribution is 7.12. The third kappa shape index (κ3) is 6.74. The molecule has 2 rings (SSSR count). The number of halogens is 3. The molecule has 1 heterocycles. The molecule has 0 aliphatic rings. The zero-order chi connectivity index (χ0) is 19.9. The van der Waals surface area contributed by atoms with Gasteiger partial charge in [-0.2, -0.15) is 13.2 Å². The summed E-state index contributed by atoms with van der Waals surface area (Å²) in [5.41, 5.74) is -0.691. The van der Waals surface area contributed by atoms with Gasteiger partial charge < -0.3 is 15.4 Å². The molecular formula is C17H15F3N2O4S. The number of nitrogens with one attached hydrogen (secondary N) is 2. The summed E-state index contributed by atoms with van der Waals surface area (Å²) in [7, 11) is 0. The maximum Gasteiger partial charge on any atom is 0.416 e. The molecule has 0 aliphatic heterocycles. The lowest BCUT2D eigenvalue weighted by atomic mass is 10.2. The summed E-state index contributed by atoms with van der Waals surface area (Å²) in [6.07, 6.45) is -4.58. The predicted molar refractivity (Wildman–Crippen MR) is 92.3 cm³/mol. The fourth-order valence-corrected chi connectivity index (χ4v) is 2.57. The van der Waals surface area contributed by atoms with Crippen molar-refractivity contribution in [3.8, 4) is 0 Å². The van der Waals surface area contributed by atoms with Crippen molar-refractivity contribution in [3.05, 3.63) is 52.2 Å². The smallest absolute Gasteiger partial charge is 0.416 e. The highest BCUT2D eigenvalue weighted by Crippen LogP contribution is 2.29. The minimum absolute atomic E-state index is 0.0517. The van der Waals surface area contributed by atoms with Crippen LogP contribution in [0, 0.1) is 0 Å². The quantitative estimate of drug-likeness (QED) is 0.700. The van der Waals surface area contributed by atoms with E-state index in [9.17, 15) is 27.6 Å². The Labute approximate surface area is 156 Å². The van der Waals surface area contributed by atoms with Crippen molar-refractivity contribution >= 4 is 34.8 Å². The summed E-state index contributed by atoms with van der Waals surface area (Å²) in [4.78, 5) is 35.4. The number of alkyl halides is 3. The fraction of sp³-hybridized carbons (Fsp3) is 0.235. The van der Waals surface area contributed by atoms with Gasteiger partial charge in [-0.1, -0.05) is 6.07 Å². The van der Waals surface area contributed by atoms with Crippen LogP contribution in [0.5, 0.6) is 0 Å². The number of benzene rings is 1. The Kier molecular flexibility index (Phi) is 6.94. The number of hydrogen-bond donors (Lipinski definition) is 2. The first kappa shape index (κ1) is 20.4. The van der Waals surface area contributed by atoms with Crippen molar-refractivity contribution < 1.29 is 32.3 Å². The van der Waals surface area contributed by atoms with Gasteiger partial charge in [0.05, 0.1) is 16.9 Å². The van der Waals surface area contributed by atoms with Gasteiger partial charge >= 0.3 is 12.1 Å². The molecule has 0 atom stereocenters. The van der Waals surface area contributed by atoms with E-state index < -0.39 is 30.2 Å². The highest BCUT2D eigenvalue weighted by atomic mass is 32.1. The third-order valence-electron chi connectivity index (χ3n) is 3.22. The maximum atomic E-state index is 12.5. The van der Waals surface area contributed by atoms with Crippen molar-refractivity contribution in [1.29, 1.82) is 0 Å². The Bertz CT molecular complexity index is 790. The first-order chi connectivity index (χ1) is 12.8. The van der Waals surface area contributed by atoms with E-state index in [2.05, 4.69) is 10.6 Å². The first-order valence-electron chi connectivity index (χ1n) is 7.70. The number of amides is 2. The molecule has 2 aromatic rings. The van der Waals surface area contributed by atoms with Gasteiger partial charge in [-0.15, -0.1) is 11.3 Å². The summed E-state index contributed by atoms with van der Waals surface area (Å²) in [6, 6.07) is 7.23. The van der Waals surface area contributed by atoms with Crippen molar-refractivity contribution in [3.63, 3.8) is 0 Å². The van der Waals surface area contributed by atoms with Crippen LogP contribution in [0.25, 0.3) is 0 Å². The molecule has 0 saturated carbocycles. The van der Waals surface area contributed by atoms with Crippen molar-refractivity contribution in [2.24, 2.45) is 0 Å². The Morgan fingerprint density at radius 2 is 1.78 bits per heavy atom. The summed E-state index contributed by atoms with van der Waals surface area (Å²) in [5, 5.41) is 6.60. The van der Waals surface area contributed by atoms with Crippen LogP contribution >= 0.6 is 11.3 Å². The minimum Gasteiger partial charge on any atom is -0.456 e. The lowest BCUT2D eigenvalue weighted by Crippen LogP contribution is -2.27. The number of rotatable bonds is 7. The zero-order valence-corrected chi connectivity index (χ0v) is 14.7. The normalized spacial score (nSPS) is 10.9. The number of esters is 1. The molecule has 27 heavy (non-hydrogen) atoms. The summed E-state index contributed by atoms with van der Waals surface area (Å²) in [5.74, 6) is -1.69. The van der Waals surface area contributed by atoms with Crippen molar-refractivity contribution in [2.45, 2.75) is 12.6 Å². The van der Waals surface area contributed by atoms with E-state index in [0.29, 0.717) is 4.88 Å². The second-order valence-electron chi connectivity index (χ2n) is 5.27. The van der Waals surface area contributed by atoms with Crippen LogP contribution in [0.15, 0.2) is 41.8 Å². The van der Waals surface area contributed by atoms with Gasteiger partial charge in [0.1, 0.15) is 0 Å². The molecule has 0 fully saturated rings. The molecule has 0 bridgehead atoms. The number of thiophene rings is 1. The number of anilines is 1. The fourth-order valence-electron chi connectivity index (χ4n) is 1.93. The van der Waals surface area contributed by atoms with E-state index in [4.69, 9.17) is 4.74 Å². The summed E-state index contributed by atoms with van der Waals surface area (Å²) < 4.78 is 42.1. The number of hydrogen-bond acceptors (Lipinski definition) is 5. The number of carbonyl (C=O) groups is 3. The molecule has 2 amide bonds. The second-order valence-corrected chi connectivity index (χ2v) is 6.21. The molecule has 0 radical (unpaired) electrons. The molecule has 144 valence electrons. The van der Waals surface area contributed by atoms with Crippen LogP contribution in [-0.2, 0) is 20.5 Å². The topological polar surface area (TPSA) is 84.5 Å². The number of carbonyl (C=O) groups excluding carboxylic acids is 3. The molecule has 10 heteroatoms. The third-order valence-corrected chi connectivity index (χ3v) is 4.09. The summed E-state index contributed by atoms with van der Waals surface area (Å²) in [6.45, 7) is -0.533. The van der Waals surface area contributed by atoms with Gasteiger partial charge in [0.25, 0.3) is 11.8 Å². The highest BCUT2D eigenvalue weighted by Gasteiger charge is 2.29. The molecule has 0 aliphatic carbocycles. The lowest BCUT2D eigenvalue weighted by Gasteiger charge is -2.09. The SMILES string of the molecule is O=C(COC(=O)CCNC(=O)c1cccs1)Nc1ccc(C(F)(F)F)cc1. The summed E-state index contributed by atoms with van der Waals surface area (Å²) >= 11 is 1.26. The van der Waals surface area contributed by atoms with E-state index in [0.717, 1.165) is 24.3 Å². The number of ether oxygens (including phenoxy) is 1. The average molecular weight is 400 g/mol. The Morgan fingerprint density at radius 1 is 1.07 bits per heavy atom. The standard InChI is InChI=1S/C17H15F3N2O4S/c18-17(19,20)11-3-5-12(6-4-11)22-14(23)10-26-15(24)7-8-21-16(25)13-2-1-9-27-13/h1-6,9H,7-8,10H2,(H,21,25)(H,22,23). The van der Waals surface area contributed by atoms with Gasteiger partial charge in [-0.05, 0) is 35.7 Å². The Morgan fingerprint density at radius 3 is 2.37 bits per heavy atom. The molecule has 2 N–H and O–H groups in total. The molecule has 6 nitrogen and oxygen atoms in total. The van der Waals surface area contributed by atoms with E-state index in [1.54, 1.807) is 17.5 Å². The lowest BCUT2D eigenvalue weighted by molar-refractivity contribution is -0.147. The average Bonchev–Trinajstić information content (AvgIpc) is 3.14. The first-order valence-corrected chi connectivity index (χ1v) is 8.58. The van der Waals surface area contributed by atoms with Crippen LogP contribution in [-0.4, -0.2) is 30.9 Å². The van der Waals surface area contributed by atoms with E-state index in [-0.39, 0.29) is 24.6 Å². The van der Waals surface area contributed by atoms with Crippen LogP contribution < -0.4 is 10.6 Å². The molecule has 0 spiro atoms. The van der Waals surface area contributed by atoms with Crippen molar-refractivity contribution in [2.75, 3.05) is 18.5 Å². The van der Waals surface area contributed by atoms with E-state index in [1.807, 2.05) is 0 Å². The van der Waals surface area contributed by atoms with Gasteiger partial charge in [-0.25, -0.2) is 0 Å². The molecular weight excluding hydrogens is 385 g/mol. The molecule has 0 saturated heterocycles. The zero-order valence-electron chi connectivity index (χ0n) is 13.8. The molecule has 1 aromatic heterocycles. The van der Waals surface area contributed by atoms with E-state index in [1.165, 1.54) is 11.3 Å². The molecule has 1 aromatic carbocycles. The maximum absolute atomic E-state index is 12.5.